The second-order valence-electron chi connectivity index (χ2n) is 5.08. The predicted octanol–water partition coefficient (Wildman–Crippen LogP) is 2.15. The molecule has 1 amide bonds. The number of pyridine rings is 1. The highest BCUT2D eigenvalue weighted by molar-refractivity contribution is 6.07. The van der Waals surface area contributed by atoms with Crippen LogP contribution in [0.3, 0.4) is 0 Å². The van der Waals surface area contributed by atoms with Crippen LogP contribution in [0.2, 0.25) is 0 Å². The number of amides is 1. The minimum Gasteiger partial charge on any atom is -0.376 e. The van der Waals surface area contributed by atoms with Gasteiger partial charge in [0, 0.05) is 38.8 Å². The van der Waals surface area contributed by atoms with Crippen LogP contribution < -0.4 is 4.90 Å². The fourth-order valence-electron chi connectivity index (χ4n) is 2.45. The quantitative estimate of drug-likeness (QED) is 0.825. The molecular weight excluding hydrogens is 238 g/mol. The van der Waals surface area contributed by atoms with Crippen LogP contribution >= 0.6 is 0 Å². The zero-order chi connectivity index (χ0) is 13.4. The van der Waals surface area contributed by atoms with Crippen molar-refractivity contribution < 1.29 is 4.79 Å². The highest BCUT2D eigenvalue weighted by Crippen LogP contribution is 2.29. The number of aromatic nitrogens is 1. The van der Waals surface area contributed by atoms with Crippen LogP contribution in [0.5, 0.6) is 0 Å². The lowest BCUT2D eigenvalue weighted by Gasteiger charge is -2.32. The van der Waals surface area contributed by atoms with E-state index < -0.39 is 0 Å². The van der Waals surface area contributed by atoms with Gasteiger partial charge < -0.3 is 9.80 Å². The molecule has 0 saturated carbocycles. The van der Waals surface area contributed by atoms with Crippen LogP contribution in [0.1, 0.15) is 16.8 Å². The fourth-order valence-corrected chi connectivity index (χ4v) is 2.45. The second kappa shape index (κ2) is 4.53. The average molecular weight is 255 g/mol. The normalized spacial score (nSPS) is 14.3. The molecule has 0 atom stereocenters. The maximum Gasteiger partial charge on any atom is 0.257 e. The van der Waals surface area contributed by atoms with E-state index in [1.54, 1.807) is 6.20 Å². The van der Waals surface area contributed by atoms with E-state index in [1.807, 2.05) is 48.2 Å². The van der Waals surface area contributed by atoms with Gasteiger partial charge in [-0.1, -0.05) is 18.2 Å². The molecule has 0 radical (unpaired) electrons. The van der Waals surface area contributed by atoms with E-state index in [2.05, 4.69) is 4.98 Å². The van der Waals surface area contributed by atoms with E-state index in [0.717, 1.165) is 36.1 Å². The number of nitrogens with zero attached hydrogens (tertiary/aromatic N) is 3. The fraction of sp³-hybridized carbons (Fsp3) is 0.333. The number of carbonyl (C=O) groups is 1. The molecule has 0 N–H and O–H groups in total. The third kappa shape index (κ3) is 1.93. The molecule has 98 valence electrons. The van der Waals surface area contributed by atoms with Crippen molar-refractivity contribution in [3.8, 4) is 0 Å². The van der Waals surface area contributed by atoms with Gasteiger partial charge in [0.05, 0.1) is 16.8 Å². The summed E-state index contributed by atoms with van der Waals surface area (Å²) in [6.07, 6.45) is 2.81. The summed E-state index contributed by atoms with van der Waals surface area (Å²) in [7, 11) is 3.93. The average Bonchev–Trinajstić information content (AvgIpc) is 2.35. The number of para-hydroxylation sites is 1. The third-order valence-electron chi connectivity index (χ3n) is 3.57. The first kappa shape index (κ1) is 12.0. The molecule has 0 bridgehead atoms. The number of hydrogen-bond acceptors (Lipinski definition) is 3. The standard InChI is InChI=1S/C15H17N3O/c1-17(2)14-11-6-3-4-7-13(11)16-10-12(14)15(19)18-8-5-9-18/h3-4,6-7,10H,5,8-9H2,1-2H3. The molecule has 1 saturated heterocycles. The van der Waals surface area contributed by atoms with Crippen molar-refractivity contribution in [2.45, 2.75) is 6.42 Å². The lowest BCUT2D eigenvalue weighted by atomic mass is 10.1. The molecule has 4 nitrogen and oxygen atoms in total. The Morgan fingerprint density at radius 2 is 2.00 bits per heavy atom. The van der Waals surface area contributed by atoms with Crippen LogP contribution in [-0.2, 0) is 0 Å². The Morgan fingerprint density at radius 3 is 2.63 bits per heavy atom. The number of rotatable bonds is 2. The minimum atomic E-state index is 0.0909. The van der Waals surface area contributed by atoms with E-state index in [4.69, 9.17) is 0 Å². The molecule has 0 unspecified atom stereocenters. The number of benzene rings is 1. The lowest BCUT2D eigenvalue weighted by Crippen LogP contribution is -2.42. The van der Waals surface area contributed by atoms with E-state index in [9.17, 15) is 4.79 Å². The highest BCUT2D eigenvalue weighted by Gasteiger charge is 2.25. The molecule has 1 fully saturated rings. The van der Waals surface area contributed by atoms with E-state index >= 15 is 0 Å². The molecule has 19 heavy (non-hydrogen) atoms. The largest absolute Gasteiger partial charge is 0.376 e. The lowest BCUT2D eigenvalue weighted by molar-refractivity contribution is 0.0652. The summed E-state index contributed by atoms with van der Waals surface area (Å²) in [4.78, 5) is 20.7. The molecule has 2 heterocycles. The summed E-state index contributed by atoms with van der Waals surface area (Å²) in [6, 6.07) is 7.94. The van der Waals surface area contributed by atoms with E-state index in [0.29, 0.717) is 5.56 Å². The van der Waals surface area contributed by atoms with Crippen LogP contribution in [0.15, 0.2) is 30.5 Å². The van der Waals surface area contributed by atoms with Crippen LogP contribution in [-0.4, -0.2) is 43.0 Å². The van der Waals surface area contributed by atoms with Gasteiger partial charge in [-0.25, -0.2) is 0 Å². The first-order valence-corrected chi connectivity index (χ1v) is 6.53. The molecule has 3 rings (SSSR count). The Morgan fingerprint density at radius 1 is 1.26 bits per heavy atom. The van der Waals surface area contributed by atoms with Crippen molar-refractivity contribution >= 4 is 22.5 Å². The molecule has 1 aromatic carbocycles. The first-order chi connectivity index (χ1) is 9.18. The van der Waals surface area contributed by atoms with Crippen molar-refractivity contribution in [2.75, 3.05) is 32.1 Å². The smallest absolute Gasteiger partial charge is 0.257 e. The molecule has 0 spiro atoms. The summed E-state index contributed by atoms with van der Waals surface area (Å²) >= 11 is 0. The van der Waals surface area contributed by atoms with Gasteiger partial charge in [0.25, 0.3) is 5.91 Å². The molecular formula is C15H17N3O. The molecule has 4 heteroatoms. The van der Waals surface area contributed by atoms with Crippen LogP contribution in [0, 0.1) is 0 Å². The Bertz CT molecular complexity index is 632. The number of hydrogen-bond donors (Lipinski definition) is 0. The minimum absolute atomic E-state index is 0.0909. The predicted molar refractivity (Wildman–Crippen MR) is 76.6 cm³/mol. The SMILES string of the molecule is CN(C)c1c(C(=O)N2CCC2)cnc2ccccc12. The van der Waals surface area contributed by atoms with Gasteiger partial charge >= 0.3 is 0 Å². The Balaban J connectivity index is 2.18. The van der Waals surface area contributed by atoms with Gasteiger partial charge in [-0.05, 0) is 12.5 Å². The maximum absolute atomic E-state index is 12.5. The molecule has 1 aliphatic heterocycles. The topological polar surface area (TPSA) is 36.4 Å². The van der Waals surface area contributed by atoms with Gasteiger partial charge in [-0.2, -0.15) is 0 Å². The summed E-state index contributed by atoms with van der Waals surface area (Å²) in [5.74, 6) is 0.0909. The zero-order valence-corrected chi connectivity index (χ0v) is 11.3. The Kier molecular flexibility index (Phi) is 2.85. The highest BCUT2D eigenvalue weighted by atomic mass is 16.2. The maximum atomic E-state index is 12.5. The van der Waals surface area contributed by atoms with Crippen molar-refractivity contribution in [3.63, 3.8) is 0 Å². The number of fused-ring (bicyclic) bond motifs is 1. The van der Waals surface area contributed by atoms with Gasteiger partial charge in [0.2, 0.25) is 0 Å². The summed E-state index contributed by atoms with van der Waals surface area (Å²) in [6.45, 7) is 1.72. The van der Waals surface area contributed by atoms with Crippen molar-refractivity contribution in [1.29, 1.82) is 0 Å². The molecule has 1 aliphatic rings. The first-order valence-electron chi connectivity index (χ1n) is 6.53. The van der Waals surface area contributed by atoms with Crippen LogP contribution in [0.25, 0.3) is 10.9 Å². The molecule has 0 aliphatic carbocycles. The van der Waals surface area contributed by atoms with Gasteiger partial charge in [-0.3, -0.25) is 9.78 Å². The van der Waals surface area contributed by atoms with Crippen molar-refractivity contribution in [3.05, 3.63) is 36.0 Å². The van der Waals surface area contributed by atoms with E-state index in [-0.39, 0.29) is 5.91 Å². The monoisotopic (exact) mass is 255 g/mol. The Hall–Kier alpha value is -2.10. The van der Waals surface area contributed by atoms with Gasteiger partial charge in [-0.15, -0.1) is 0 Å². The zero-order valence-electron chi connectivity index (χ0n) is 11.3. The number of carbonyl (C=O) groups excluding carboxylic acids is 1. The van der Waals surface area contributed by atoms with Crippen LogP contribution in [0.4, 0.5) is 5.69 Å². The molecule has 1 aromatic heterocycles. The summed E-state index contributed by atoms with van der Waals surface area (Å²) in [5, 5.41) is 1.03. The molecule has 2 aromatic rings. The summed E-state index contributed by atoms with van der Waals surface area (Å²) < 4.78 is 0. The summed E-state index contributed by atoms with van der Waals surface area (Å²) in [5.41, 5.74) is 2.58. The van der Waals surface area contributed by atoms with Gasteiger partial charge in [0.1, 0.15) is 0 Å². The number of anilines is 1. The van der Waals surface area contributed by atoms with E-state index in [1.165, 1.54) is 0 Å². The second-order valence-corrected chi connectivity index (χ2v) is 5.08. The third-order valence-corrected chi connectivity index (χ3v) is 3.57. The van der Waals surface area contributed by atoms with Crippen molar-refractivity contribution in [2.24, 2.45) is 0 Å². The number of likely N-dealkylation sites (tertiary alicyclic amines) is 1. The Labute approximate surface area is 112 Å². The van der Waals surface area contributed by atoms with Crippen molar-refractivity contribution in [1.82, 2.24) is 9.88 Å². The van der Waals surface area contributed by atoms with Gasteiger partial charge in [0.15, 0.2) is 0 Å².